The number of aliphatic hydroxyl groups excluding tert-OH is 1. The fourth-order valence-electron chi connectivity index (χ4n) is 2.08. The van der Waals surface area contributed by atoms with Gasteiger partial charge in [0.1, 0.15) is 16.3 Å². The first-order chi connectivity index (χ1) is 10.7. The van der Waals surface area contributed by atoms with Gasteiger partial charge >= 0.3 is 0 Å². The van der Waals surface area contributed by atoms with Gasteiger partial charge < -0.3 is 14.2 Å². The first-order valence-corrected chi connectivity index (χ1v) is 9.14. The Morgan fingerprint density at radius 1 is 1.39 bits per heavy atom. The summed E-state index contributed by atoms with van der Waals surface area (Å²) in [5, 5.41) is 9.29. The maximum atomic E-state index is 12.9. The first kappa shape index (κ1) is 17.7. The number of ether oxygens (including phenoxy) is 1. The molecule has 2 aromatic heterocycles. The van der Waals surface area contributed by atoms with E-state index < -0.39 is 14.6 Å². The quantitative estimate of drug-likeness (QED) is 0.873. The van der Waals surface area contributed by atoms with Crippen molar-refractivity contribution >= 4 is 15.5 Å². The molecule has 1 N–H and O–H groups in total. The summed E-state index contributed by atoms with van der Waals surface area (Å²) in [5.74, 6) is 0.252. The van der Waals surface area contributed by atoms with Crippen molar-refractivity contribution in [3.05, 3.63) is 24.7 Å². The van der Waals surface area contributed by atoms with Crippen LogP contribution >= 0.6 is 0 Å². The van der Waals surface area contributed by atoms with Crippen LogP contribution in [0.2, 0.25) is 0 Å². The molecule has 0 aliphatic rings. The summed E-state index contributed by atoms with van der Waals surface area (Å²) in [6.45, 7) is 7.20. The van der Waals surface area contributed by atoms with Crippen LogP contribution in [0.5, 0.6) is 5.75 Å². The summed E-state index contributed by atoms with van der Waals surface area (Å²) in [6, 6.07) is 1.63. The van der Waals surface area contributed by atoms with Crippen LogP contribution in [0.15, 0.2) is 29.6 Å². The van der Waals surface area contributed by atoms with Gasteiger partial charge in [-0.05, 0) is 27.2 Å². The number of aromatic nitrogens is 2. The zero-order valence-corrected chi connectivity index (χ0v) is 14.8. The monoisotopic (exact) mass is 340 g/mol. The Morgan fingerprint density at radius 2 is 2.09 bits per heavy atom. The SMILES string of the molecule is CCC(CO)COc1cc2nccn2cc1S(=O)(=O)C(C)(C)C. The molecule has 2 heterocycles. The molecular formula is C16H24N2O4S. The molecule has 0 aromatic carbocycles. The van der Waals surface area contributed by atoms with Crippen LogP contribution in [0.4, 0.5) is 0 Å². The van der Waals surface area contributed by atoms with E-state index in [2.05, 4.69) is 4.98 Å². The molecule has 0 aliphatic carbocycles. The average molecular weight is 340 g/mol. The van der Waals surface area contributed by atoms with Crippen LogP contribution in [0.1, 0.15) is 34.1 Å². The lowest BCUT2D eigenvalue weighted by molar-refractivity contribution is 0.157. The Morgan fingerprint density at radius 3 is 2.65 bits per heavy atom. The topological polar surface area (TPSA) is 80.9 Å². The molecule has 0 fully saturated rings. The average Bonchev–Trinajstić information content (AvgIpc) is 2.93. The van der Waals surface area contributed by atoms with Gasteiger partial charge in [0.2, 0.25) is 0 Å². The smallest absolute Gasteiger partial charge is 0.188 e. The van der Waals surface area contributed by atoms with E-state index >= 15 is 0 Å². The highest BCUT2D eigenvalue weighted by Gasteiger charge is 2.34. The van der Waals surface area contributed by atoms with Crippen LogP contribution in [-0.2, 0) is 9.84 Å². The molecule has 1 atom stereocenters. The summed E-state index contributed by atoms with van der Waals surface area (Å²) >= 11 is 0. The van der Waals surface area contributed by atoms with Gasteiger partial charge in [-0.25, -0.2) is 13.4 Å². The Labute approximate surface area is 137 Å². The number of fused-ring (bicyclic) bond motifs is 1. The predicted molar refractivity (Wildman–Crippen MR) is 88.5 cm³/mol. The molecule has 2 rings (SSSR count). The molecule has 6 nitrogen and oxygen atoms in total. The summed E-state index contributed by atoms with van der Waals surface area (Å²) in [6.07, 6.45) is 5.60. The van der Waals surface area contributed by atoms with Crippen molar-refractivity contribution in [2.24, 2.45) is 5.92 Å². The number of pyridine rings is 1. The zero-order valence-electron chi connectivity index (χ0n) is 14.0. The minimum Gasteiger partial charge on any atom is -0.492 e. The molecule has 2 aromatic rings. The van der Waals surface area contributed by atoms with E-state index in [1.165, 1.54) is 6.20 Å². The van der Waals surface area contributed by atoms with E-state index in [4.69, 9.17) is 4.74 Å². The lowest BCUT2D eigenvalue weighted by Crippen LogP contribution is -2.29. The van der Waals surface area contributed by atoms with Gasteiger partial charge in [0, 0.05) is 37.2 Å². The highest BCUT2D eigenvalue weighted by atomic mass is 32.2. The van der Waals surface area contributed by atoms with Gasteiger partial charge in [0.25, 0.3) is 0 Å². The van der Waals surface area contributed by atoms with Crippen LogP contribution in [0.25, 0.3) is 5.65 Å². The molecule has 128 valence electrons. The third kappa shape index (κ3) is 3.50. The molecule has 1 unspecified atom stereocenters. The lowest BCUT2D eigenvalue weighted by atomic mass is 10.1. The van der Waals surface area contributed by atoms with Gasteiger partial charge in [0.05, 0.1) is 11.4 Å². The number of rotatable bonds is 6. The van der Waals surface area contributed by atoms with Crippen molar-refractivity contribution in [3.63, 3.8) is 0 Å². The van der Waals surface area contributed by atoms with Crippen molar-refractivity contribution < 1.29 is 18.3 Å². The fraction of sp³-hybridized carbons (Fsp3) is 0.562. The van der Waals surface area contributed by atoms with Crippen LogP contribution < -0.4 is 4.74 Å². The second kappa shape index (κ2) is 6.49. The van der Waals surface area contributed by atoms with Crippen LogP contribution in [-0.4, -0.2) is 40.9 Å². The van der Waals surface area contributed by atoms with Crippen molar-refractivity contribution in [2.75, 3.05) is 13.2 Å². The molecule has 0 bridgehead atoms. The number of aliphatic hydroxyl groups is 1. The molecule has 23 heavy (non-hydrogen) atoms. The minimum absolute atomic E-state index is 0.00345. The first-order valence-electron chi connectivity index (χ1n) is 7.65. The predicted octanol–water partition coefficient (Wildman–Crippen LogP) is 2.30. The molecule has 0 radical (unpaired) electrons. The Kier molecular flexibility index (Phi) is 5.01. The van der Waals surface area contributed by atoms with E-state index in [1.807, 2.05) is 6.92 Å². The lowest BCUT2D eigenvalue weighted by Gasteiger charge is -2.22. The number of hydrogen-bond acceptors (Lipinski definition) is 5. The number of nitrogens with zero attached hydrogens (tertiary/aromatic N) is 2. The molecule has 0 amide bonds. The van der Waals surface area contributed by atoms with E-state index in [-0.39, 0.29) is 29.8 Å². The van der Waals surface area contributed by atoms with Crippen molar-refractivity contribution in [3.8, 4) is 5.75 Å². The summed E-state index contributed by atoms with van der Waals surface area (Å²) < 4.78 is 32.2. The van der Waals surface area contributed by atoms with E-state index in [0.29, 0.717) is 5.65 Å². The Bertz CT molecular complexity index is 771. The highest BCUT2D eigenvalue weighted by Crippen LogP contribution is 2.33. The van der Waals surface area contributed by atoms with Crippen LogP contribution in [0.3, 0.4) is 0 Å². The normalized spacial score (nSPS) is 14.1. The Balaban J connectivity index is 2.51. The minimum atomic E-state index is -3.57. The summed E-state index contributed by atoms with van der Waals surface area (Å²) in [5.41, 5.74) is 0.616. The second-order valence-electron chi connectivity index (χ2n) is 6.58. The van der Waals surface area contributed by atoms with Gasteiger partial charge in [-0.2, -0.15) is 0 Å². The van der Waals surface area contributed by atoms with Gasteiger partial charge in [-0.1, -0.05) is 6.92 Å². The molecule has 0 saturated heterocycles. The Hall–Kier alpha value is -1.60. The molecule has 0 spiro atoms. The zero-order chi connectivity index (χ0) is 17.3. The molecule has 0 aliphatic heterocycles. The summed E-state index contributed by atoms with van der Waals surface area (Å²) in [4.78, 5) is 4.31. The maximum Gasteiger partial charge on any atom is 0.188 e. The third-order valence-corrected chi connectivity index (χ3v) is 6.36. The fourth-order valence-corrected chi connectivity index (χ4v) is 3.37. The van der Waals surface area contributed by atoms with Gasteiger partial charge in [0.15, 0.2) is 9.84 Å². The van der Waals surface area contributed by atoms with Gasteiger partial charge in [-0.3, -0.25) is 0 Å². The largest absolute Gasteiger partial charge is 0.492 e. The van der Waals surface area contributed by atoms with E-state index in [1.54, 1.807) is 43.6 Å². The van der Waals surface area contributed by atoms with Crippen molar-refractivity contribution in [1.82, 2.24) is 9.38 Å². The van der Waals surface area contributed by atoms with Crippen molar-refractivity contribution in [1.29, 1.82) is 0 Å². The number of sulfone groups is 1. The molecular weight excluding hydrogens is 316 g/mol. The number of hydrogen-bond donors (Lipinski definition) is 1. The summed E-state index contributed by atoms with van der Waals surface area (Å²) in [7, 11) is -3.57. The molecule has 7 heteroatoms. The second-order valence-corrected chi connectivity index (χ2v) is 9.25. The molecule has 0 saturated carbocycles. The maximum absolute atomic E-state index is 12.9. The van der Waals surface area contributed by atoms with E-state index in [9.17, 15) is 13.5 Å². The highest BCUT2D eigenvalue weighted by molar-refractivity contribution is 7.92. The van der Waals surface area contributed by atoms with Crippen molar-refractivity contribution in [2.45, 2.75) is 43.8 Å². The van der Waals surface area contributed by atoms with E-state index in [0.717, 1.165) is 6.42 Å². The van der Waals surface area contributed by atoms with Gasteiger partial charge in [-0.15, -0.1) is 0 Å². The third-order valence-electron chi connectivity index (χ3n) is 3.86. The number of imidazole rings is 1. The standard InChI is InChI=1S/C16H24N2O4S/c1-5-12(10-19)11-22-13-8-15-17-6-7-18(15)9-14(13)23(20,21)16(2,3)4/h6-9,12,19H,5,10-11H2,1-4H3. The van der Waals surface area contributed by atoms with Crippen LogP contribution in [0, 0.1) is 5.92 Å².